The van der Waals surface area contributed by atoms with Crippen molar-refractivity contribution in [1.82, 2.24) is 4.98 Å². The summed E-state index contributed by atoms with van der Waals surface area (Å²) >= 11 is 0. The molecule has 1 aromatic heterocycles. The number of anilines is 1. The number of fused-ring (bicyclic) bond motifs is 1. The van der Waals surface area contributed by atoms with Gasteiger partial charge in [-0.05, 0) is 55.0 Å². The Labute approximate surface area is 130 Å². The van der Waals surface area contributed by atoms with E-state index in [1.807, 2.05) is 31.2 Å². The summed E-state index contributed by atoms with van der Waals surface area (Å²) in [4.78, 5) is 15.3. The number of aromatic nitrogens is 1. The highest BCUT2D eigenvalue weighted by atomic mass is 16.1. The summed E-state index contributed by atoms with van der Waals surface area (Å²) in [6.45, 7) is 6.65. The maximum atomic E-state index is 12.3. The molecular formula is C19H20N2O. The van der Waals surface area contributed by atoms with Crippen molar-refractivity contribution < 1.29 is 0 Å². The number of H-pyrrole nitrogens is 1. The van der Waals surface area contributed by atoms with E-state index in [0.717, 1.165) is 27.7 Å². The molecule has 0 atom stereocenters. The number of para-hydroxylation sites is 1. The lowest BCUT2D eigenvalue weighted by Crippen LogP contribution is -2.16. The van der Waals surface area contributed by atoms with Crippen LogP contribution in [0.4, 0.5) is 5.69 Å². The maximum Gasteiger partial charge on any atom is 0.253 e. The van der Waals surface area contributed by atoms with Crippen LogP contribution in [0.3, 0.4) is 0 Å². The molecule has 0 saturated carbocycles. The van der Waals surface area contributed by atoms with Crippen molar-refractivity contribution in [3.05, 3.63) is 75.1 Å². The highest BCUT2D eigenvalue weighted by molar-refractivity contribution is 5.82. The minimum absolute atomic E-state index is 0.0281. The molecular weight excluding hydrogens is 272 g/mol. The van der Waals surface area contributed by atoms with Crippen molar-refractivity contribution in [2.24, 2.45) is 0 Å². The Kier molecular flexibility index (Phi) is 3.72. The third-order valence-corrected chi connectivity index (χ3v) is 4.03. The molecule has 0 unspecified atom stereocenters. The van der Waals surface area contributed by atoms with E-state index in [1.54, 1.807) is 0 Å². The highest BCUT2D eigenvalue weighted by Gasteiger charge is 2.05. The molecule has 112 valence electrons. The molecule has 0 spiro atoms. The first kappa shape index (κ1) is 14.4. The number of hydrogen-bond donors (Lipinski definition) is 2. The lowest BCUT2D eigenvalue weighted by Gasteiger charge is -2.11. The van der Waals surface area contributed by atoms with Crippen molar-refractivity contribution >= 4 is 16.6 Å². The fourth-order valence-corrected chi connectivity index (χ4v) is 2.68. The van der Waals surface area contributed by atoms with Crippen molar-refractivity contribution in [2.75, 3.05) is 5.32 Å². The number of benzene rings is 2. The molecule has 0 aliphatic carbocycles. The maximum absolute atomic E-state index is 12.3. The van der Waals surface area contributed by atoms with Gasteiger partial charge < -0.3 is 10.3 Å². The first-order valence-electron chi connectivity index (χ1n) is 7.47. The average molecular weight is 292 g/mol. The SMILES string of the molecule is Cc1ccc(C)c(NCc2cc3cccc(C)c3[nH]c2=O)c1. The molecule has 0 radical (unpaired) electrons. The minimum atomic E-state index is -0.0281. The molecule has 1 heterocycles. The summed E-state index contributed by atoms with van der Waals surface area (Å²) in [6.07, 6.45) is 0. The standard InChI is InChI=1S/C19H20N2O/c1-12-7-8-13(2)17(9-12)20-11-16-10-15-6-4-5-14(3)18(15)21-19(16)22/h4-10,20H,11H2,1-3H3,(H,21,22). The average Bonchev–Trinajstić information content (AvgIpc) is 2.49. The van der Waals surface area contributed by atoms with Crippen LogP contribution in [0.1, 0.15) is 22.3 Å². The van der Waals surface area contributed by atoms with Crippen LogP contribution < -0.4 is 10.9 Å². The molecule has 3 nitrogen and oxygen atoms in total. The monoisotopic (exact) mass is 292 g/mol. The fraction of sp³-hybridized carbons (Fsp3) is 0.211. The van der Waals surface area contributed by atoms with E-state index in [2.05, 4.69) is 42.3 Å². The zero-order valence-electron chi connectivity index (χ0n) is 13.2. The summed E-state index contributed by atoms with van der Waals surface area (Å²) in [7, 11) is 0. The van der Waals surface area contributed by atoms with Crippen molar-refractivity contribution in [3.63, 3.8) is 0 Å². The summed E-state index contributed by atoms with van der Waals surface area (Å²) in [5, 5.41) is 4.44. The Hall–Kier alpha value is -2.55. The molecule has 3 rings (SSSR count). The van der Waals surface area contributed by atoms with Gasteiger partial charge >= 0.3 is 0 Å². The summed E-state index contributed by atoms with van der Waals surface area (Å²) in [5.74, 6) is 0. The van der Waals surface area contributed by atoms with Gasteiger partial charge in [0.25, 0.3) is 5.56 Å². The third kappa shape index (κ3) is 2.75. The molecule has 2 aromatic carbocycles. The normalized spacial score (nSPS) is 10.9. The highest BCUT2D eigenvalue weighted by Crippen LogP contribution is 2.18. The second kappa shape index (κ2) is 5.68. The Bertz CT molecular complexity index is 894. The first-order valence-corrected chi connectivity index (χ1v) is 7.47. The lowest BCUT2D eigenvalue weighted by atomic mass is 10.1. The molecule has 3 heteroatoms. The number of nitrogens with one attached hydrogen (secondary N) is 2. The van der Waals surface area contributed by atoms with E-state index in [-0.39, 0.29) is 5.56 Å². The van der Waals surface area contributed by atoms with Crippen molar-refractivity contribution in [3.8, 4) is 0 Å². The number of pyridine rings is 1. The van der Waals surface area contributed by atoms with Crippen molar-refractivity contribution in [1.29, 1.82) is 0 Å². The number of rotatable bonds is 3. The van der Waals surface area contributed by atoms with Crippen LogP contribution in [-0.4, -0.2) is 4.98 Å². The Morgan fingerprint density at radius 3 is 2.64 bits per heavy atom. The van der Waals surface area contributed by atoms with Gasteiger partial charge in [-0.15, -0.1) is 0 Å². The first-order chi connectivity index (χ1) is 10.5. The van der Waals surface area contributed by atoms with Gasteiger partial charge in [0.05, 0.1) is 5.52 Å². The molecule has 22 heavy (non-hydrogen) atoms. The Balaban J connectivity index is 1.92. The van der Waals surface area contributed by atoms with E-state index in [0.29, 0.717) is 6.54 Å². The van der Waals surface area contributed by atoms with Crippen LogP contribution in [0, 0.1) is 20.8 Å². The topological polar surface area (TPSA) is 44.9 Å². The number of aromatic amines is 1. The van der Waals surface area contributed by atoms with E-state index < -0.39 is 0 Å². The van der Waals surface area contributed by atoms with Gasteiger partial charge in [-0.25, -0.2) is 0 Å². The van der Waals surface area contributed by atoms with Gasteiger partial charge in [-0.3, -0.25) is 4.79 Å². The van der Waals surface area contributed by atoms with Gasteiger partial charge in [-0.2, -0.15) is 0 Å². The molecule has 0 saturated heterocycles. The third-order valence-electron chi connectivity index (χ3n) is 4.03. The van der Waals surface area contributed by atoms with Crippen LogP contribution in [0.2, 0.25) is 0 Å². The van der Waals surface area contributed by atoms with Gasteiger partial charge in [0.1, 0.15) is 0 Å². The van der Waals surface area contributed by atoms with Crippen molar-refractivity contribution in [2.45, 2.75) is 27.3 Å². The zero-order chi connectivity index (χ0) is 15.7. The van der Waals surface area contributed by atoms with Crippen LogP contribution in [0.25, 0.3) is 10.9 Å². The smallest absolute Gasteiger partial charge is 0.253 e. The van der Waals surface area contributed by atoms with E-state index >= 15 is 0 Å². The quantitative estimate of drug-likeness (QED) is 0.764. The fourth-order valence-electron chi connectivity index (χ4n) is 2.68. The van der Waals surface area contributed by atoms with Gasteiger partial charge in [-0.1, -0.05) is 30.3 Å². The zero-order valence-corrected chi connectivity index (χ0v) is 13.2. The predicted molar refractivity (Wildman–Crippen MR) is 92.5 cm³/mol. The van der Waals surface area contributed by atoms with Crippen LogP contribution in [-0.2, 0) is 6.54 Å². The van der Waals surface area contributed by atoms with E-state index in [1.165, 1.54) is 11.1 Å². The molecule has 0 aliphatic rings. The van der Waals surface area contributed by atoms with E-state index in [9.17, 15) is 4.79 Å². The minimum Gasteiger partial charge on any atom is -0.381 e. The van der Waals surface area contributed by atoms with E-state index in [4.69, 9.17) is 0 Å². The number of hydrogen-bond acceptors (Lipinski definition) is 2. The van der Waals surface area contributed by atoms with Crippen LogP contribution >= 0.6 is 0 Å². The molecule has 0 amide bonds. The summed E-state index contributed by atoms with van der Waals surface area (Å²) in [6, 6.07) is 14.3. The summed E-state index contributed by atoms with van der Waals surface area (Å²) in [5.41, 5.74) is 6.18. The van der Waals surface area contributed by atoms with Gasteiger partial charge in [0, 0.05) is 17.8 Å². The lowest BCUT2D eigenvalue weighted by molar-refractivity contribution is 1.08. The second-order valence-corrected chi connectivity index (χ2v) is 5.83. The Morgan fingerprint density at radius 1 is 1.00 bits per heavy atom. The van der Waals surface area contributed by atoms with Crippen LogP contribution in [0.5, 0.6) is 0 Å². The Morgan fingerprint density at radius 2 is 1.82 bits per heavy atom. The largest absolute Gasteiger partial charge is 0.381 e. The van der Waals surface area contributed by atoms with Crippen LogP contribution in [0.15, 0.2) is 47.3 Å². The molecule has 0 aliphatic heterocycles. The van der Waals surface area contributed by atoms with Gasteiger partial charge in [0.15, 0.2) is 0 Å². The summed E-state index contributed by atoms with van der Waals surface area (Å²) < 4.78 is 0. The molecule has 3 aromatic rings. The molecule has 2 N–H and O–H groups in total. The molecule has 0 bridgehead atoms. The molecule has 0 fully saturated rings. The van der Waals surface area contributed by atoms with Gasteiger partial charge in [0.2, 0.25) is 0 Å². The number of aryl methyl sites for hydroxylation is 3. The second-order valence-electron chi connectivity index (χ2n) is 5.83. The predicted octanol–water partition coefficient (Wildman–Crippen LogP) is 4.07.